The van der Waals surface area contributed by atoms with Crippen molar-refractivity contribution in [2.45, 2.75) is 20.8 Å². The molecule has 1 aromatic heterocycles. The first kappa shape index (κ1) is 23.6. The van der Waals surface area contributed by atoms with Crippen molar-refractivity contribution >= 4 is 34.8 Å². The van der Waals surface area contributed by atoms with Crippen LogP contribution in [-0.2, 0) is 0 Å². The molecule has 1 saturated heterocycles. The Bertz CT molecular complexity index is 1130. The molecule has 2 aromatic carbocycles. The van der Waals surface area contributed by atoms with Gasteiger partial charge < -0.3 is 14.8 Å². The molecular weight excluding hydrogens is 457 g/mol. The molecule has 0 spiro atoms. The minimum Gasteiger partial charge on any atom is -0.368 e. The van der Waals surface area contributed by atoms with Crippen LogP contribution in [0.25, 0.3) is 5.69 Å². The molecule has 0 saturated carbocycles. The molecule has 1 amide bonds. The van der Waals surface area contributed by atoms with Crippen molar-refractivity contribution in [3.63, 3.8) is 0 Å². The number of piperazine rings is 1. The molecule has 1 fully saturated rings. The maximum absolute atomic E-state index is 12.8. The van der Waals surface area contributed by atoms with Gasteiger partial charge >= 0.3 is 0 Å². The summed E-state index contributed by atoms with van der Waals surface area (Å²) in [6.07, 6.45) is 0. The average molecular weight is 486 g/mol. The number of carbonyl (C=O) groups excluding carboxylic acids is 1. The molecule has 3 aromatic rings. The predicted molar refractivity (Wildman–Crippen MR) is 135 cm³/mol. The molecule has 8 heteroatoms. The summed E-state index contributed by atoms with van der Waals surface area (Å²) in [7, 11) is 0. The lowest BCUT2D eigenvalue weighted by molar-refractivity contribution is 0.0942. The van der Waals surface area contributed by atoms with E-state index in [1.54, 1.807) is 6.07 Å². The standard InChI is InChI=1S/C25H29Cl2N5O/c1-17-7-9-20(10-8-17)32-18(2)24(29-19(32)3)25(33)28-11-12-30-13-15-31(16-14-30)22-6-4-5-21(26)23(22)27/h4-10H,11-16H2,1-3H3,(H,28,33). The summed E-state index contributed by atoms with van der Waals surface area (Å²) in [6.45, 7) is 10.8. The fourth-order valence-electron chi connectivity index (χ4n) is 4.29. The molecule has 4 rings (SSSR count). The number of nitrogens with zero attached hydrogens (tertiary/aromatic N) is 4. The highest BCUT2D eigenvalue weighted by molar-refractivity contribution is 6.43. The van der Waals surface area contributed by atoms with E-state index >= 15 is 0 Å². The lowest BCUT2D eigenvalue weighted by atomic mass is 10.2. The zero-order valence-corrected chi connectivity index (χ0v) is 20.7. The van der Waals surface area contributed by atoms with E-state index in [1.807, 2.05) is 30.5 Å². The van der Waals surface area contributed by atoms with Gasteiger partial charge in [0.2, 0.25) is 0 Å². The monoisotopic (exact) mass is 485 g/mol. The maximum Gasteiger partial charge on any atom is 0.271 e. The van der Waals surface area contributed by atoms with Gasteiger partial charge in [0.05, 0.1) is 21.4 Å². The molecule has 0 atom stereocenters. The number of halogens is 2. The fourth-order valence-corrected chi connectivity index (χ4v) is 4.71. The van der Waals surface area contributed by atoms with Crippen LogP contribution < -0.4 is 10.2 Å². The fraction of sp³-hybridized carbons (Fsp3) is 0.360. The highest BCUT2D eigenvalue weighted by Gasteiger charge is 2.21. The Labute approximate surface area is 205 Å². The Morgan fingerprint density at radius 3 is 2.39 bits per heavy atom. The highest BCUT2D eigenvalue weighted by atomic mass is 35.5. The molecule has 33 heavy (non-hydrogen) atoms. The van der Waals surface area contributed by atoms with Gasteiger partial charge in [-0.15, -0.1) is 0 Å². The Morgan fingerprint density at radius 1 is 1.00 bits per heavy atom. The minimum atomic E-state index is -0.134. The average Bonchev–Trinajstić information content (AvgIpc) is 3.11. The molecule has 0 aliphatic carbocycles. The van der Waals surface area contributed by atoms with Gasteiger partial charge in [-0.3, -0.25) is 9.69 Å². The van der Waals surface area contributed by atoms with E-state index in [4.69, 9.17) is 23.2 Å². The van der Waals surface area contributed by atoms with Crippen LogP contribution in [0.15, 0.2) is 42.5 Å². The number of benzene rings is 2. The summed E-state index contributed by atoms with van der Waals surface area (Å²) < 4.78 is 2.02. The zero-order valence-electron chi connectivity index (χ0n) is 19.2. The third kappa shape index (κ3) is 5.18. The molecular formula is C25H29Cl2N5O. The van der Waals surface area contributed by atoms with Crippen LogP contribution in [0.1, 0.15) is 27.6 Å². The number of aromatic nitrogens is 2. The van der Waals surface area contributed by atoms with E-state index < -0.39 is 0 Å². The molecule has 0 radical (unpaired) electrons. The number of nitrogens with one attached hydrogen (secondary N) is 1. The second kappa shape index (κ2) is 10.2. The van der Waals surface area contributed by atoms with Crippen molar-refractivity contribution in [2.24, 2.45) is 0 Å². The van der Waals surface area contributed by atoms with Crippen molar-refractivity contribution in [1.82, 2.24) is 19.8 Å². The third-order valence-electron chi connectivity index (χ3n) is 6.14. The van der Waals surface area contributed by atoms with E-state index in [1.165, 1.54) is 5.56 Å². The number of hydrogen-bond acceptors (Lipinski definition) is 4. The minimum absolute atomic E-state index is 0.134. The van der Waals surface area contributed by atoms with Gasteiger partial charge in [0, 0.05) is 45.0 Å². The summed E-state index contributed by atoms with van der Waals surface area (Å²) in [5, 5.41) is 4.22. The van der Waals surface area contributed by atoms with Crippen LogP contribution in [0.4, 0.5) is 5.69 Å². The number of anilines is 1. The smallest absolute Gasteiger partial charge is 0.271 e. The van der Waals surface area contributed by atoms with Crippen LogP contribution in [0.3, 0.4) is 0 Å². The van der Waals surface area contributed by atoms with E-state index in [9.17, 15) is 4.79 Å². The topological polar surface area (TPSA) is 53.4 Å². The molecule has 0 unspecified atom stereocenters. The van der Waals surface area contributed by atoms with Crippen LogP contribution in [-0.4, -0.2) is 59.6 Å². The first-order valence-corrected chi connectivity index (χ1v) is 11.9. The normalized spacial score (nSPS) is 14.5. The zero-order chi connectivity index (χ0) is 23.5. The van der Waals surface area contributed by atoms with Gasteiger partial charge in [0.25, 0.3) is 5.91 Å². The summed E-state index contributed by atoms with van der Waals surface area (Å²) in [4.78, 5) is 22.0. The lowest BCUT2D eigenvalue weighted by Crippen LogP contribution is -2.48. The van der Waals surface area contributed by atoms with Gasteiger partial charge in [0.1, 0.15) is 11.5 Å². The van der Waals surface area contributed by atoms with Gasteiger partial charge in [-0.05, 0) is 45.0 Å². The lowest BCUT2D eigenvalue weighted by Gasteiger charge is -2.36. The second-order valence-electron chi connectivity index (χ2n) is 8.42. The van der Waals surface area contributed by atoms with E-state index in [0.717, 1.165) is 55.6 Å². The van der Waals surface area contributed by atoms with Gasteiger partial charge in [-0.2, -0.15) is 0 Å². The first-order valence-electron chi connectivity index (χ1n) is 11.2. The molecule has 1 aliphatic heterocycles. The van der Waals surface area contributed by atoms with E-state index in [2.05, 4.69) is 51.3 Å². The summed E-state index contributed by atoms with van der Waals surface area (Å²) in [5.41, 5.74) is 4.52. The van der Waals surface area contributed by atoms with Crippen molar-refractivity contribution in [3.05, 3.63) is 75.3 Å². The van der Waals surface area contributed by atoms with E-state index in [-0.39, 0.29) is 5.91 Å². The predicted octanol–water partition coefficient (Wildman–Crippen LogP) is 4.66. The molecule has 0 bridgehead atoms. The number of imidazole rings is 1. The van der Waals surface area contributed by atoms with Gasteiger partial charge in [0.15, 0.2) is 0 Å². The van der Waals surface area contributed by atoms with Crippen molar-refractivity contribution in [2.75, 3.05) is 44.2 Å². The Balaban J connectivity index is 1.30. The van der Waals surface area contributed by atoms with Crippen molar-refractivity contribution < 1.29 is 4.79 Å². The number of aryl methyl sites for hydroxylation is 2. The quantitative estimate of drug-likeness (QED) is 0.551. The number of carbonyl (C=O) groups is 1. The van der Waals surface area contributed by atoms with Crippen LogP contribution in [0.2, 0.25) is 10.0 Å². The molecule has 1 N–H and O–H groups in total. The van der Waals surface area contributed by atoms with Crippen molar-refractivity contribution in [1.29, 1.82) is 0 Å². The number of hydrogen-bond donors (Lipinski definition) is 1. The second-order valence-corrected chi connectivity index (χ2v) is 9.21. The van der Waals surface area contributed by atoms with Crippen LogP contribution >= 0.6 is 23.2 Å². The third-order valence-corrected chi connectivity index (χ3v) is 6.95. The highest BCUT2D eigenvalue weighted by Crippen LogP contribution is 2.32. The number of amides is 1. The van der Waals surface area contributed by atoms with Crippen LogP contribution in [0.5, 0.6) is 0 Å². The Hall–Kier alpha value is -2.54. The Kier molecular flexibility index (Phi) is 7.27. The molecule has 6 nitrogen and oxygen atoms in total. The van der Waals surface area contributed by atoms with Crippen LogP contribution in [0, 0.1) is 20.8 Å². The first-order chi connectivity index (χ1) is 15.8. The van der Waals surface area contributed by atoms with E-state index in [0.29, 0.717) is 22.3 Å². The summed E-state index contributed by atoms with van der Waals surface area (Å²) in [5.74, 6) is 0.670. The number of rotatable bonds is 6. The largest absolute Gasteiger partial charge is 0.368 e. The van der Waals surface area contributed by atoms with Gasteiger partial charge in [-0.1, -0.05) is 47.0 Å². The van der Waals surface area contributed by atoms with Crippen molar-refractivity contribution in [3.8, 4) is 5.69 Å². The molecule has 2 heterocycles. The summed E-state index contributed by atoms with van der Waals surface area (Å²) in [6, 6.07) is 14.0. The van der Waals surface area contributed by atoms with Gasteiger partial charge in [-0.25, -0.2) is 4.98 Å². The SMILES string of the molecule is Cc1ccc(-n2c(C)nc(C(=O)NCCN3CCN(c4cccc(Cl)c4Cl)CC3)c2C)cc1. The maximum atomic E-state index is 12.8. The molecule has 1 aliphatic rings. The summed E-state index contributed by atoms with van der Waals surface area (Å²) >= 11 is 12.5. The molecule has 174 valence electrons. The Morgan fingerprint density at radius 2 is 1.70 bits per heavy atom.